The van der Waals surface area contributed by atoms with Crippen LogP contribution in [0.2, 0.25) is 0 Å². The molecule has 3 rings (SSSR count). The molecule has 0 aromatic heterocycles. The summed E-state index contributed by atoms with van der Waals surface area (Å²) in [7, 11) is 0. The van der Waals surface area contributed by atoms with Gasteiger partial charge in [-0.2, -0.15) is 0 Å². The van der Waals surface area contributed by atoms with Crippen LogP contribution in [0, 0.1) is 10.1 Å². The molecular formula is C20H29N3O5. The molecule has 8 nitrogen and oxygen atoms in total. The fourth-order valence-electron chi connectivity index (χ4n) is 4.46. The molecule has 28 heavy (non-hydrogen) atoms. The van der Waals surface area contributed by atoms with Crippen LogP contribution in [0.4, 0.5) is 5.69 Å². The smallest absolute Gasteiger partial charge is 0.269 e. The van der Waals surface area contributed by atoms with Crippen LogP contribution in [0.1, 0.15) is 49.9 Å². The maximum atomic E-state index is 12.6. The van der Waals surface area contributed by atoms with Crippen LogP contribution >= 0.6 is 0 Å². The SMILES string of the molecule is CCN(CC)C1(CNC(=O)c2ccc([N+](=O)[O-])cc2)CCC2(CC1)OCCO2. The zero-order chi connectivity index (χ0) is 20.2. The summed E-state index contributed by atoms with van der Waals surface area (Å²) in [6, 6.07) is 5.70. The molecule has 0 unspecified atom stereocenters. The molecule has 1 spiro atoms. The number of carbonyl (C=O) groups excluding carboxylic acids is 1. The maximum absolute atomic E-state index is 12.6. The van der Waals surface area contributed by atoms with Crippen LogP contribution in [-0.4, -0.2) is 59.9 Å². The fourth-order valence-corrected chi connectivity index (χ4v) is 4.46. The summed E-state index contributed by atoms with van der Waals surface area (Å²) in [6.07, 6.45) is 3.40. The molecule has 1 aromatic carbocycles. The molecule has 154 valence electrons. The maximum Gasteiger partial charge on any atom is 0.269 e. The molecular weight excluding hydrogens is 362 g/mol. The average molecular weight is 391 g/mol. The Bertz CT molecular complexity index is 686. The van der Waals surface area contributed by atoms with Gasteiger partial charge in [0.05, 0.1) is 18.1 Å². The molecule has 1 aliphatic heterocycles. The Morgan fingerprint density at radius 3 is 2.18 bits per heavy atom. The zero-order valence-electron chi connectivity index (χ0n) is 16.6. The van der Waals surface area contributed by atoms with Crippen molar-refractivity contribution < 1.29 is 19.2 Å². The van der Waals surface area contributed by atoms with Crippen molar-refractivity contribution in [3.8, 4) is 0 Å². The van der Waals surface area contributed by atoms with Crippen LogP contribution < -0.4 is 5.32 Å². The van der Waals surface area contributed by atoms with Crippen molar-refractivity contribution in [2.24, 2.45) is 0 Å². The van der Waals surface area contributed by atoms with Gasteiger partial charge in [-0.3, -0.25) is 19.8 Å². The Balaban J connectivity index is 1.68. The first-order valence-electron chi connectivity index (χ1n) is 9.99. The summed E-state index contributed by atoms with van der Waals surface area (Å²) >= 11 is 0. The van der Waals surface area contributed by atoms with Gasteiger partial charge in [0.2, 0.25) is 0 Å². The Kier molecular flexibility index (Phi) is 6.32. The second kappa shape index (κ2) is 8.55. The molecule has 0 radical (unpaired) electrons. The molecule has 1 saturated carbocycles. The number of nitrogens with zero attached hydrogens (tertiary/aromatic N) is 2. The van der Waals surface area contributed by atoms with E-state index in [4.69, 9.17) is 9.47 Å². The van der Waals surface area contributed by atoms with Gasteiger partial charge < -0.3 is 14.8 Å². The van der Waals surface area contributed by atoms with Gasteiger partial charge in [0.1, 0.15) is 0 Å². The minimum Gasteiger partial charge on any atom is -0.350 e. The fraction of sp³-hybridized carbons (Fsp3) is 0.650. The summed E-state index contributed by atoms with van der Waals surface area (Å²) in [6.45, 7) is 7.90. The largest absolute Gasteiger partial charge is 0.350 e. The number of likely N-dealkylation sites (N-methyl/N-ethyl adjacent to an activating group) is 1. The topological polar surface area (TPSA) is 93.9 Å². The molecule has 1 N–H and O–H groups in total. The van der Waals surface area contributed by atoms with Crippen LogP contribution in [-0.2, 0) is 9.47 Å². The van der Waals surface area contributed by atoms with E-state index in [-0.39, 0.29) is 17.1 Å². The van der Waals surface area contributed by atoms with E-state index in [9.17, 15) is 14.9 Å². The van der Waals surface area contributed by atoms with Crippen molar-refractivity contribution >= 4 is 11.6 Å². The van der Waals surface area contributed by atoms with Gasteiger partial charge >= 0.3 is 0 Å². The number of amides is 1. The van der Waals surface area contributed by atoms with Crippen LogP contribution in [0.15, 0.2) is 24.3 Å². The van der Waals surface area contributed by atoms with Gasteiger partial charge in [-0.1, -0.05) is 13.8 Å². The number of nitro benzene ring substituents is 1. The Labute approximate surface area is 165 Å². The van der Waals surface area contributed by atoms with E-state index in [1.807, 2.05) is 0 Å². The molecule has 1 aromatic rings. The minimum atomic E-state index is -0.470. The first-order chi connectivity index (χ1) is 13.4. The Morgan fingerprint density at radius 1 is 1.11 bits per heavy atom. The van der Waals surface area contributed by atoms with E-state index in [2.05, 4.69) is 24.1 Å². The zero-order valence-corrected chi connectivity index (χ0v) is 16.6. The number of hydrogen-bond donors (Lipinski definition) is 1. The number of rotatable bonds is 7. The second-order valence-corrected chi connectivity index (χ2v) is 7.49. The first kappa shape index (κ1) is 20.7. The number of non-ortho nitro benzene ring substituents is 1. The van der Waals surface area contributed by atoms with E-state index in [1.54, 1.807) is 0 Å². The van der Waals surface area contributed by atoms with Crippen molar-refractivity contribution in [3.63, 3.8) is 0 Å². The normalized spacial score (nSPS) is 20.4. The Hall–Kier alpha value is -2.03. The van der Waals surface area contributed by atoms with E-state index in [1.165, 1.54) is 24.3 Å². The molecule has 1 heterocycles. The quantitative estimate of drug-likeness (QED) is 0.567. The third kappa shape index (κ3) is 4.19. The number of benzene rings is 1. The molecule has 8 heteroatoms. The number of nitrogens with one attached hydrogen (secondary N) is 1. The van der Waals surface area contributed by atoms with Crippen molar-refractivity contribution in [1.82, 2.24) is 10.2 Å². The molecule has 1 amide bonds. The number of carbonyl (C=O) groups is 1. The van der Waals surface area contributed by atoms with E-state index >= 15 is 0 Å². The lowest BCUT2D eigenvalue weighted by Crippen LogP contribution is -2.59. The number of nitro groups is 1. The van der Waals surface area contributed by atoms with Crippen LogP contribution in [0.3, 0.4) is 0 Å². The highest BCUT2D eigenvalue weighted by molar-refractivity contribution is 5.94. The number of hydrogen-bond acceptors (Lipinski definition) is 6. The third-order valence-electron chi connectivity index (χ3n) is 6.11. The molecule has 1 saturated heterocycles. The van der Waals surface area contributed by atoms with E-state index in [0.717, 1.165) is 38.8 Å². The van der Waals surface area contributed by atoms with Crippen LogP contribution in [0.5, 0.6) is 0 Å². The first-order valence-corrected chi connectivity index (χ1v) is 9.99. The lowest BCUT2D eigenvalue weighted by molar-refractivity contribution is -0.384. The number of ether oxygens (including phenoxy) is 2. The van der Waals surface area contributed by atoms with Gasteiger partial charge in [0.25, 0.3) is 11.6 Å². The lowest BCUT2D eigenvalue weighted by Gasteiger charge is -2.49. The third-order valence-corrected chi connectivity index (χ3v) is 6.11. The standard InChI is InChI=1S/C20H29N3O5/c1-3-22(4-2)19(9-11-20(12-10-19)27-13-14-28-20)15-21-18(24)16-5-7-17(8-6-16)23(25)26/h5-8H,3-4,9-15H2,1-2H3,(H,21,24). The van der Waals surface area contributed by atoms with Gasteiger partial charge in [-0.25, -0.2) is 0 Å². The molecule has 0 atom stereocenters. The monoisotopic (exact) mass is 391 g/mol. The summed E-state index contributed by atoms with van der Waals surface area (Å²) < 4.78 is 11.7. The Morgan fingerprint density at radius 2 is 1.68 bits per heavy atom. The van der Waals surface area contributed by atoms with E-state index in [0.29, 0.717) is 25.3 Å². The highest BCUT2D eigenvalue weighted by Gasteiger charge is 2.48. The molecule has 2 fully saturated rings. The van der Waals surface area contributed by atoms with E-state index < -0.39 is 10.7 Å². The minimum absolute atomic E-state index is 0.0229. The highest BCUT2D eigenvalue weighted by atomic mass is 16.7. The predicted molar refractivity (Wildman–Crippen MR) is 104 cm³/mol. The summed E-state index contributed by atoms with van der Waals surface area (Å²) in [5, 5.41) is 13.8. The van der Waals surface area contributed by atoms with Crippen molar-refractivity contribution in [1.29, 1.82) is 0 Å². The highest BCUT2D eigenvalue weighted by Crippen LogP contribution is 2.42. The van der Waals surface area contributed by atoms with Gasteiger partial charge in [-0.15, -0.1) is 0 Å². The molecule has 1 aliphatic carbocycles. The van der Waals surface area contributed by atoms with Gasteiger partial charge in [-0.05, 0) is 38.1 Å². The summed E-state index contributed by atoms with van der Waals surface area (Å²) in [5.74, 6) is -0.658. The van der Waals surface area contributed by atoms with Crippen molar-refractivity contribution in [3.05, 3.63) is 39.9 Å². The van der Waals surface area contributed by atoms with Gasteiger partial charge in [0, 0.05) is 42.6 Å². The average Bonchev–Trinajstić information content (AvgIpc) is 3.17. The molecule has 2 aliphatic rings. The van der Waals surface area contributed by atoms with Crippen molar-refractivity contribution in [2.75, 3.05) is 32.8 Å². The van der Waals surface area contributed by atoms with Crippen molar-refractivity contribution in [2.45, 2.75) is 50.9 Å². The van der Waals surface area contributed by atoms with Crippen LogP contribution in [0.25, 0.3) is 0 Å². The molecule has 0 bridgehead atoms. The van der Waals surface area contributed by atoms with Gasteiger partial charge in [0.15, 0.2) is 5.79 Å². The lowest BCUT2D eigenvalue weighted by atomic mass is 9.77. The predicted octanol–water partition coefficient (Wildman–Crippen LogP) is 2.72. The summed E-state index contributed by atoms with van der Waals surface area (Å²) in [5.41, 5.74) is 0.265. The second-order valence-electron chi connectivity index (χ2n) is 7.49. The summed E-state index contributed by atoms with van der Waals surface area (Å²) in [4.78, 5) is 25.3.